The van der Waals surface area contributed by atoms with Gasteiger partial charge in [0, 0.05) is 12.5 Å². The third-order valence-corrected chi connectivity index (χ3v) is 2.53. The number of carbonyl (C=O) groups is 2. The maximum Gasteiger partial charge on any atom is 0.302 e. The van der Waals surface area contributed by atoms with Crippen molar-refractivity contribution in [3.63, 3.8) is 0 Å². The first-order valence-corrected chi connectivity index (χ1v) is 5.53. The molecular weight excluding hydrogens is 218 g/mol. The first-order valence-electron chi connectivity index (χ1n) is 5.53. The molecule has 0 saturated heterocycles. The number of esters is 1. The van der Waals surface area contributed by atoms with Crippen LogP contribution in [-0.4, -0.2) is 24.1 Å². The molecule has 17 heavy (non-hydrogen) atoms. The lowest BCUT2D eigenvalue weighted by Gasteiger charge is -2.00. The zero-order chi connectivity index (χ0) is 12.3. The fraction of sp³-hybridized carbons (Fsp3) is 0.308. The van der Waals surface area contributed by atoms with Crippen LogP contribution in [0.5, 0.6) is 0 Å². The van der Waals surface area contributed by atoms with Crippen molar-refractivity contribution in [3.05, 3.63) is 29.8 Å². The van der Waals surface area contributed by atoms with Crippen LogP contribution in [0.1, 0.15) is 30.1 Å². The summed E-state index contributed by atoms with van der Waals surface area (Å²) < 4.78 is 4.81. The molecule has 4 heteroatoms. The summed E-state index contributed by atoms with van der Waals surface area (Å²) >= 11 is 0. The number of fused-ring (bicyclic) bond motifs is 1. The molecule has 0 amide bonds. The average Bonchev–Trinajstić information content (AvgIpc) is 2.63. The summed E-state index contributed by atoms with van der Waals surface area (Å²) in [5, 5.41) is 0. The van der Waals surface area contributed by atoms with Gasteiger partial charge >= 0.3 is 5.97 Å². The smallest absolute Gasteiger partial charge is 0.302 e. The van der Waals surface area contributed by atoms with Gasteiger partial charge in [-0.1, -0.05) is 12.1 Å². The maximum atomic E-state index is 11.9. The predicted molar refractivity (Wildman–Crippen MR) is 63.7 cm³/mol. The molecule has 0 aromatic heterocycles. The van der Waals surface area contributed by atoms with E-state index in [1.165, 1.54) is 6.92 Å². The first-order chi connectivity index (χ1) is 8.18. The highest BCUT2D eigenvalue weighted by Crippen LogP contribution is 2.27. The fourth-order valence-electron chi connectivity index (χ4n) is 1.74. The summed E-state index contributed by atoms with van der Waals surface area (Å²) in [5.41, 5.74) is 1.95. The number of hydrogen-bond acceptors (Lipinski definition) is 4. The van der Waals surface area contributed by atoms with Gasteiger partial charge in [0.05, 0.1) is 18.0 Å². The van der Waals surface area contributed by atoms with Gasteiger partial charge in [-0.2, -0.15) is 0 Å². The number of ether oxygens (including phenoxy) is 1. The number of benzene rings is 1. The molecule has 1 aromatic carbocycles. The highest BCUT2D eigenvalue weighted by molar-refractivity contribution is 6.49. The van der Waals surface area contributed by atoms with Crippen molar-refractivity contribution in [1.29, 1.82) is 0 Å². The Kier molecular flexibility index (Phi) is 3.32. The van der Waals surface area contributed by atoms with Crippen molar-refractivity contribution in [2.24, 2.45) is 4.99 Å². The second-order valence-electron chi connectivity index (χ2n) is 3.85. The van der Waals surface area contributed by atoms with E-state index >= 15 is 0 Å². The summed E-state index contributed by atoms with van der Waals surface area (Å²) in [6, 6.07) is 7.29. The Morgan fingerprint density at radius 3 is 2.82 bits per heavy atom. The molecule has 0 unspecified atom stereocenters. The lowest BCUT2D eigenvalue weighted by atomic mass is 10.1. The molecule has 1 aliphatic rings. The summed E-state index contributed by atoms with van der Waals surface area (Å²) in [4.78, 5) is 26.7. The van der Waals surface area contributed by atoms with E-state index in [0.29, 0.717) is 30.7 Å². The molecule has 0 fully saturated rings. The second kappa shape index (κ2) is 4.91. The van der Waals surface area contributed by atoms with Crippen LogP contribution in [0, 0.1) is 0 Å². The zero-order valence-electron chi connectivity index (χ0n) is 9.60. The number of nitrogens with zero attached hydrogens (tertiary/aromatic N) is 1. The van der Waals surface area contributed by atoms with Gasteiger partial charge in [0.25, 0.3) is 0 Å². The molecule has 0 N–H and O–H groups in total. The molecule has 0 bridgehead atoms. The van der Waals surface area contributed by atoms with E-state index in [2.05, 4.69) is 4.99 Å². The van der Waals surface area contributed by atoms with Crippen molar-refractivity contribution in [1.82, 2.24) is 0 Å². The normalized spacial score (nSPS) is 13.2. The van der Waals surface area contributed by atoms with Crippen LogP contribution in [0.4, 0.5) is 5.69 Å². The molecule has 0 atom stereocenters. The van der Waals surface area contributed by atoms with Gasteiger partial charge in [0.1, 0.15) is 0 Å². The maximum absolute atomic E-state index is 11.9. The number of para-hydroxylation sites is 1. The van der Waals surface area contributed by atoms with Gasteiger partial charge in [-0.25, -0.2) is 4.99 Å². The number of hydrogen-bond donors (Lipinski definition) is 0. The van der Waals surface area contributed by atoms with Crippen LogP contribution in [0.25, 0.3) is 0 Å². The second-order valence-corrected chi connectivity index (χ2v) is 3.85. The lowest BCUT2D eigenvalue weighted by molar-refractivity contribution is -0.140. The molecule has 1 heterocycles. The van der Waals surface area contributed by atoms with Crippen LogP contribution in [0.15, 0.2) is 29.3 Å². The van der Waals surface area contributed by atoms with Crippen LogP contribution in [0.2, 0.25) is 0 Å². The van der Waals surface area contributed by atoms with Crippen molar-refractivity contribution in [2.45, 2.75) is 19.8 Å². The van der Waals surface area contributed by atoms with Crippen LogP contribution in [-0.2, 0) is 9.53 Å². The fourth-order valence-corrected chi connectivity index (χ4v) is 1.74. The molecule has 1 aromatic rings. The van der Waals surface area contributed by atoms with Gasteiger partial charge < -0.3 is 4.74 Å². The first kappa shape index (κ1) is 11.5. The van der Waals surface area contributed by atoms with Crippen LogP contribution < -0.4 is 0 Å². The van der Waals surface area contributed by atoms with Gasteiger partial charge in [-0.15, -0.1) is 0 Å². The van der Waals surface area contributed by atoms with Gasteiger partial charge in [-0.3, -0.25) is 9.59 Å². The highest BCUT2D eigenvalue weighted by Gasteiger charge is 2.23. The molecule has 4 nitrogen and oxygen atoms in total. The van der Waals surface area contributed by atoms with Gasteiger partial charge in [0.15, 0.2) is 0 Å². The largest absolute Gasteiger partial charge is 0.466 e. The third kappa shape index (κ3) is 2.58. The van der Waals surface area contributed by atoms with Crippen molar-refractivity contribution >= 4 is 23.2 Å². The molecule has 88 valence electrons. The Bertz CT molecular complexity index is 491. The van der Waals surface area contributed by atoms with E-state index in [-0.39, 0.29) is 11.8 Å². The quantitative estimate of drug-likeness (QED) is 0.590. The van der Waals surface area contributed by atoms with Crippen LogP contribution >= 0.6 is 0 Å². The minimum Gasteiger partial charge on any atom is -0.466 e. The third-order valence-electron chi connectivity index (χ3n) is 2.53. The Labute approximate surface area is 99.3 Å². The minimum atomic E-state index is -0.298. The standard InChI is InChI=1S/C13H13NO3/c1-9(15)17-8-4-7-12-13(16)10-5-2-3-6-11(10)14-12/h2-3,5-6H,4,7-8H2,1H3. The highest BCUT2D eigenvalue weighted by atomic mass is 16.5. The van der Waals surface area contributed by atoms with E-state index in [4.69, 9.17) is 4.74 Å². The predicted octanol–water partition coefficient (Wildman–Crippen LogP) is 2.30. The molecule has 0 radical (unpaired) electrons. The van der Waals surface area contributed by atoms with Crippen molar-refractivity contribution in [2.75, 3.05) is 6.61 Å². The monoisotopic (exact) mass is 231 g/mol. The number of Topliss-reactive ketones (excluding diaryl/α,β-unsaturated/α-hetero) is 1. The van der Waals surface area contributed by atoms with Crippen molar-refractivity contribution in [3.8, 4) is 0 Å². The molecule has 0 aliphatic carbocycles. The van der Waals surface area contributed by atoms with Crippen molar-refractivity contribution < 1.29 is 14.3 Å². The molecule has 0 spiro atoms. The van der Waals surface area contributed by atoms with E-state index in [0.717, 1.165) is 5.69 Å². The number of rotatable bonds is 4. The Hall–Kier alpha value is -1.97. The molecule has 2 rings (SSSR count). The molecular formula is C13H13NO3. The average molecular weight is 231 g/mol. The molecule has 0 saturated carbocycles. The van der Waals surface area contributed by atoms with E-state index in [9.17, 15) is 9.59 Å². The molecule has 1 aliphatic heterocycles. The van der Waals surface area contributed by atoms with E-state index in [1.54, 1.807) is 6.07 Å². The number of ketones is 1. The summed E-state index contributed by atoms with van der Waals surface area (Å²) in [7, 11) is 0. The van der Waals surface area contributed by atoms with E-state index in [1.807, 2.05) is 18.2 Å². The lowest BCUT2D eigenvalue weighted by Crippen LogP contribution is -2.11. The Balaban J connectivity index is 1.93. The Morgan fingerprint density at radius 1 is 1.35 bits per heavy atom. The van der Waals surface area contributed by atoms with E-state index < -0.39 is 0 Å². The number of aliphatic imine (C=N–C) groups is 1. The van der Waals surface area contributed by atoms with Crippen LogP contribution in [0.3, 0.4) is 0 Å². The minimum absolute atomic E-state index is 0.0107. The summed E-state index contributed by atoms with van der Waals surface area (Å²) in [5.74, 6) is -0.309. The van der Waals surface area contributed by atoms with Gasteiger partial charge in [0.2, 0.25) is 5.78 Å². The topological polar surface area (TPSA) is 55.7 Å². The Morgan fingerprint density at radius 2 is 2.12 bits per heavy atom. The summed E-state index contributed by atoms with van der Waals surface area (Å²) in [6.07, 6.45) is 1.17. The van der Waals surface area contributed by atoms with Gasteiger partial charge in [-0.05, 0) is 25.0 Å². The number of carbonyl (C=O) groups excluding carboxylic acids is 2. The zero-order valence-corrected chi connectivity index (χ0v) is 9.60. The SMILES string of the molecule is CC(=O)OCCCC1=Nc2ccccc2C1=O. The summed E-state index contributed by atoms with van der Waals surface area (Å²) in [6.45, 7) is 1.70.